The van der Waals surface area contributed by atoms with E-state index in [1.54, 1.807) is 17.2 Å². The summed E-state index contributed by atoms with van der Waals surface area (Å²) in [5.41, 5.74) is 5.18. The first kappa shape index (κ1) is 27.1. The van der Waals surface area contributed by atoms with Crippen molar-refractivity contribution in [1.82, 2.24) is 24.7 Å². The molecular formula is C26H23F3N8O2. The third-order valence-electron chi connectivity index (χ3n) is 5.71. The van der Waals surface area contributed by atoms with Crippen LogP contribution >= 0.6 is 0 Å². The van der Waals surface area contributed by atoms with Gasteiger partial charge in [0.15, 0.2) is 0 Å². The number of hydrogen-bond acceptors (Lipinski definition) is 8. The van der Waals surface area contributed by atoms with Gasteiger partial charge in [0.25, 0.3) is 0 Å². The average Bonchev–Trinajstić information content (AvgIpc) is 3.61. The molecule has 1 saturated heterocycles. The van der Waals surface area contributed by atoms with Gasteiger partial charge in [-0.1, -0.05) is 0 Å². The Morgan fingerprint density at radius 3 is 2.33 bits per heavy atom. The highest BCUT2D eigenvalue weighted by Crippen LogP contribution is 2.28. The van der Waals surface area contributed by atoms with Crippen LogP contribution in [-0.2, 0) is 4.79 Å². The summed E-state index contributed by atoms with van der Waals surface area (Å²) in [5, 5.41) is 24.2. The minimum Gasteiger partial charge on any atom is -0.475 e. The van der Waals surface area contributed by atoms with Crippen LogP contribution in [0.1, 0.15) is 24.2 Å². The number of nitrogens with zero attached hydrogens (tertiary/aromatic N) is 7. The van der Waals surface area contributed by atoms with Crippen molar-refractivity contribution in [2.45, 2.75) is 25.9 Å². The Balaban J connectivity index is 0.000000448. The van der Waals surface area contributed by atoms with Crippen LogP contribution in [0.5, 0.6) is 0 Å². The number of aromatic nitrogens is 5. The van der Waals surface area contributed by atoms with Crippen LogP contribution in [0.25, 0.3) is 16.9 Å². The first-order chi connectivity index (χ1) is 18.6. The number of aliphatic carboxylic acids is 1. The van der Waals surface area contributed by atoms with Crippen molar-refractivity contribution in [3.05, 3.63) is 72.4 Å². The number of anilines is 3. The summed E-state index contributed by atoms with van der Waals surface area (Å²) in [6, 6.07) is 17.9. The summed E-state index contributed by atoms with van der Waals surface area (Å²) in [7, 11) is 0. The van der Waals surface area contributed by atoms with Crippen LogP contribution in [0.15, 0.2) is 61.1 Å². The number of halogens is 3. The van der Waals surface area contributed by atoms with Gasteiger partial charge in [0, 0.05) is 36.2 Å². The molecule has 5 rings (SSSR count). The molecule has 39 heavy (non-hydrogen) atoms. The van der Waals surface area contributed by atoms with Gasteiger partial charge < -0.3 is 15.3 Å². The van der Waals surface area contributed by atoms with Gasteiger partial charge in [0.1, 0.15) is 12.2 Å². The number of hydrogen-bond donors (Lipinski definition) is 2. The highest BCUT2D eigenvalue weighted by molar-refractivity contribution is 5.73. The van der Waals surface area contributed by atoms with Crippen molar-refractivity contribution < 1.29 is 23.1 Å². The number of benzene rings is 2. The fraction of sp³-hybridized carbons (Fsp3) is 0.231. The molecule has 0 unspecified atom stereocenters. The van der Waals surface area contributed by atoms with Crippen molar-refractivity contribution in [3.63, 3.8) is 0 Å². The summed E-state index contributed by atoms with van der Waals surface area (Å²) >= 11 is 0. The van der Waals surface area contributed by atoms with Crippen molar-refractivity contribution in [3.8, 4) is 23.0 Å². The quantitative estimate of drug-likeness (QED) is 0.366. The molecule has 13 heteroatoms. The highest BCUT2D eigenvalue weighted by atomic mass is 19.4. The number of rotatable bonds is 5. The zero-order valence-electron chi connectivity index (χ0n) is 20.7. The SMILES string of the molecule is Cc1ncn(-c2ccc(Nc3nccc(-c4cc(C#N)cc(N5CCCC5)c4)n3)cc2)n1.O=C(O)C(F)(F)F. The number of carboxylic acids is 1. The summed E-state index contributed by atoms with van der Waals surface area (Å²) in [4.78, 5) is 24.4. The lowest BCUT2D eigenvalue weighted by Crippen LogP contribution is -2.21. The number of nitriles is 1. The van der Waals surface area contributed by atoms with Gasteiger partial charge in [-0.3, -0.25) is 0 Å². The van der Waals surface area contributed by atoms with Crippen LogP contribution < -0.4 is 10.2 Å². The maximum Gasteiger partial charge on any atom is 0.490 e. The molecule has 0 atom stereocenters. The molecule has 1 fully saturated rings. The zero-order chi connectivity index (χ0) is 28.0. The van der Waals surface area contributed by atoms with Crippen LogP contribution in [0.4, 0.5) is 30.5 Å². The largest absolute Gasteiger partial charge is 0.490 e. The molecule has 3 heterocycles. The minimum atomic E-state index is -5.08. The van der Waals surface area contributed by atoms with Crippen LogP contribution in [0.3, 0.4) is 0 Å². The zero-order valence-corrected chi connectivity index (χ0v) is 20.7. The summed E-state index contributed by atoms with van der Waals surface area (Å²) < 4.78 is 33.5. The van der Waals surface area contributed by atoms with Gasteiger partial charge >= 0.3 is 12.1 Å². The molecule has 2 aromatic heterocycles. The van der Waals surface area contributed by atoms with Crippen LogP contribution in [-0.4, -0.2) is 55.1 Å². The summed E-state index contributed by atoms with van der Waals surface area (Å²) in [5.74, 6) is -1.53. The molecule has 1 aliphatic rings. The van der Waals surface area contributed by atoms with E-state index in [1.165, 1.54) is 12.8 Å². The normalized spacial score (nSPS) is 12.8. The summed E-state index contributed by atoms with van der Waals surface area (Å²) in [6.07, 6.45) is 0.702. The maximum absolute atomic E-state index is 10.6. The Bertz CT molecular complexity index is 1490. The van der Waals surface area contributed by atoms with E-state index in [-0.39, 0.29) is 0 Å². The predicted molar refractivity (Wildman–Crippen MR) is 137 cm³/mol. The van der Waals surface area contributed by atoms with Crippen molar-refractivity contribution >= 4 is 23.3 Å². The third kappa shape index (κ3) is 7.07. The minimum absolute atomic E-state index is 0.497. The molecule has 0 radical (unpaired) electrons. The van der Waals surface area contributed by atoms with E-state index in [0.717, 1.165) is 47.2 Å². The Morgan fingerprint density at radius 2 is 1.74 bits per heavy atom. The van der Waals surface area contributed by atoms with E-state index in [1.807, 2.05) is 49.4 Å². The van der Waals surface area contributed by atoms with E-state index >= 15 is 0 Å². The maximum atomic E-state index is 10.6. The van der Waals surface area contributed by atoms with E-state index in [9.17, 15) is 18.4 Å². The molecule has 2 N–H and O–H groups in total. The number of nitrogens with one attached hydrogen (secondary N) is 1. The Morgan fingerprint density at radius 1 is 1.05 bits per heavy atom. The van der Waals surface area contributed by atoms with Gasteiger partial charge in [-0.2, -0.15) is 23.5 Å². The second-order valence-corrected chi connectivity index (χ2v) is 8.55. The standard InChI is InChI=1S/C24H22N8.C2HF3O2/c1-17-27-16-32(30-17)21-6-4-20(5-7-21)28-24-26-9-8-23(29-24)19-12-18(15-25)13-22(14-19)31-10-2-3-11-31;3-2(4,5)1(6)7/h4-9,12-14,16H,2-3,10-11H2,1H3,(H,26,28,29);(H,6,7). The molecule has 1 aliphatic heterocycles. The summed E-state index contributed by atoms with van der Waals surface area (Å²) in [6.45, 7) is 3.90. The number of alkyl halides is 3. The van der Waals surface area contributed by atoms with Gasteiger partial charge in [-0.15, -0.1) is 0 Å². The lowest BCUT2D eigenvalue weighted by atomic mass is 10.1. The fourth-order valence-electron chi connectivity index (χ4n) is 3.86. The van der Waals surface area contributed by atoms with E-state index in [0.29, 0.717) is 11.5 Å². The molecule has 0 saturated carbocycles. The Labute approximate surface area is 221 Å². The number of aryl methyl sites for hydroxylation is 1. The molecule has 0 spiro atoms. The molecule has 0 aliphatic carbocycles. The third-order valence-corrected chi connectivity index (χ3v) is 5.71. The predicted octanol–water partition coefficient (Wildman–Crippen LogP) is 4.88. The molecule has 10 nitrogen and oxygen atoms in total. The first-order valence-electron chi connectivity index (χ1n) is 11.8. The van der Waals surface area contributed by atoms with Gasteiger partial charge in [0.2, 0.25) is 5.95 Å². The smallest absolute Gasteiger partial charge is 0.475 e. The van der Waals surface area contributed by atoms with Crippen molar-refractivity contribution in [2.75, 3.05) is 23.3 Å². The highest BCUT2D eigenvalue weighted by Gasteiger charge is 2.38. The van der Waals surface area contributed by atoms with Crippen molar-refractivity contribution in [1.29, 1.82) is 5.26 Å². The fourth-order valence-corrected chi connectivity index (χ4v) is 3.86. The molecule has 2 aromatic carbocycles. The lowest BCUT2D eigenvalue weighted by Gasteiger charge is -2.19. The van der Waals surface area contributed by atoms with Crippen molar-refractivity contribution in [2.24, 2.45) is 0 Å². The molecule has 4 aromatic rings. The molecule has 200 valence electrons. The Hall–Kier alpha value is -4.99. The first-order valence-corrected chi connectivity index (χ1v) is 11.8. The van der Waals surface area contributed by atoms with Crippen LogP contribution in [0.2, 0.25) is 0 Å². The van der Waals surface area contributed by atoms with Gasteiger partial charge in [-0.05, 0) is 68.3 Å². The molecular weight excluding hydrogens is 513 g/mol. The van der Waals surface area contributed by atoms with E-state index in [2.05, 4.69) is 42.4 Å². The second-order valence-electron chi connectivity index (χ2n) is 8.55. The Kier molecular flexibility index (Phi) is 8.04. The average molecular weight is 537 g/mol. The van der Waals surface area contributed by atoms with Gasteiger partial charge in [-0.25, -0.2) is 24.4 Å². The number of carboxylic acid groups (broad SMARTS) is 1. The number of carbonyl (C=O) groups is 1. The van der Waals surface area contributed by atoms with E-state index < -0.39 is 12.1 Å². The lowest BCUT2D eigenvalue weighted by molar-refractivity contribution is -0.192. The van der Waals surface area contributed by atoms with Gasteiger partial charge in [0.05, 0.1) is 23.0 Å². The topological polar surface area (TPSA) is 133 Å². The second kappa shape index (κ2) is 11.6. The molecule has 0 amide bonds. The van der Waals surface area contributed by atoms with E-state index in [4.69, 9.17) is 9.90 Å². The van der Waals surface area contributed by atoms with Crippen LogP contribution in [0, 0.1) is 18.3 Å². The monoisotopic (exact) mass is 536 g/mol. The molecule has 0 bridgehead atoms.